The molecule has 2 aromatic rings. The van der Waals surface area contributed by atoms with Crippen molar-refractivity contribution < 1.29 is 9.84 Å². The Bertz CT molecular complexity index is 502. The SMILES string of the molecule is OCCc1nc(Cl)ccc1OCc1ccccc1. The molecule has 1 N–H and O–H groups in total. The van der Waals surface area contributed by atoms with Crippen LogP contribution in [0.4, 0.5) is 0 Å². The number of aliphatic hydroxyl groups is 1. The van der Waals surface area contributed by atoms with Gasteiger partial charge < -0.3 is 9.84 Å². The maximum atomic E-state index is 8.98. The van der Waals surface area contributed by atoms with Crippen molar-refractivity contribution in [2.45, 2.75) is 13.0 Å². The van der Waals surface area contributed by atoms with Crippen LogP contribution in [0.2, 0.25) is 5.15 Å². The number of rotatable bonds is 5. The number of benzene rings is 1. The third-order valence-electron chi connectivity index (χ3n) is 2.48. The molecule has 0 aliphatic rings. The zero-order valence-electron chi connectivity index (χ0n) is 9.84. The molecule has 0 radical (unpaired) electrons. The Balaban J connectivity index is 2.09. The van der Waals surface area contributed by atoms with Crippen LogP contribution in [-0.2, 0) is 13.0 Å². The molecule has 0 bridgehead atoms. The normalized spacial score (nSPS) is 10.3. The predicted octanol–water partition coefficient (Wildman–Crippen LogP) is 2.85. The van der Waals surface area contributed by atoms with Crippen LogP contribution in [0, 0.1) is 0 Å². The summed E-state index contributed by atoms with van der Waals surface area (Å²) in [5, 5.41) is 9.39. The summed E-state index contributed by atoms with van der Waals surface area (Å²) in [6.45, 7) is 0.498. The van der Waals surface area contributed by atoms with E-state index in [2.05, 4.69) is 4.98 Å². The fourth-order valence-corrected chi connectivity index (χ4v) is 1.78. The third-order valence-corrected chi connectivity index (χ3v) is 2.69. The molecular weight excluding hydrogens is 250 g/mol. The van der Waals surface area contributed by atoms with Gasteiger partial charge in [0.1, 0.15) is 17.5 Å². The third kappa shape index (κ3) is 3.45. The lowest BCUT2D eigenvalue weighted by molar-refractivity contribution is 0.281. The van der Waals surface area contributed by atoms with Crippen LogP contribution in [0.25, 0.3) is 0 Å². The van der Waals surface area contributed by atoms with Crippen LogP contribution in [0.5, 0.6) is 5.75 Å². The smallest absolute Gasteiger partial charge is 0.141 e. The van der Waals surface area contributed by atoms with E-state index in [0.717, 1.165) is 5.56 Å². The van der Waals surface area contributed by atoms with E-state index in [1.54, 1.807) is 12.1 Å². The molecule has 94 valence electrons. The van der Waals surface area contributed by atoms with Crippen molar-refractivity contribution in [2.75, 3.05) is 6.61 Å². The fraction of sp³-hybridized carbons (Fsp3) is 0.214. The number of aromatic nitrogens is 1. The average Bonchev–Trinajstić information content (AvgIpc) is 2.39. The summed E-state index contributed by atoms with van der Waals surface area (Å²) in [4.78, 5) is 4.16. The van der Waals surface area contributed by atoms with E-state index < -0.39 is 0 Å². The minimum Gasteiger partial charge on any atom is -0.487 e. The van der Waals surface area contributed by atoms with Gasteiger partial charge in [0.05, 0.1) is 5.69 Å². The van der Waals surface area contributed by atoms with Gasteiger partial charge in [0.25, 0.3) is 0 Å². The van der Waals surface area contributed by atoms with E-state index >= 15 is 0 Å². The second-order valence-electron chi connectivity index (χ2n) is 3.83. The summed E-state index contributed by atoms with van der Waals surface area (Å²) in [5.74, 6) is 0.664. The molecule has 0 amide bonds. The van der Waals surface area contributed by atoms with Gasteiger partial charge in [-0.1, -0.05) is 41.9 Å². The molecule has 2 rings (SSSR count). The number of ether oxygens (including phenoxy) is 1. The highest BCUT2D eigenvalue weighted by atomic mass is 35.5. The minimum absolute atomic E-state index is 0.0229. The molecule has 0 aliphatic carbocycles. The summed E-state index contributed by atoms with van der Waals surface area (Å²) < 4.78 is 5.70. The van der Waals surface area contributed by atoms with Crippen LogP contribution in [-0.4, -0.2) is 16.7 Å². The molecule has 3 nitrogen and oxygen atoms in total. The molecule has 1 heterocycles. The summed E-state index contributed by atoms with van der Waals surface area (Å²) in [5.41, 5.74) is 1.77. The van der Waals surface area contributed by atoms with Crippen molar-refractivity contribution in [3.63, 3.8) is 0 Å². The molecule has 0 aliphatic heterocycles. The van der Waals surface area contributed by atoms with Crippen molar-refractivity contribution in [2.24, 2.45) is 0 Å². The van der Waals surface area contributed by atoms with Crippen molar-refractivity contribution in [3.8, 4) is 5.75 Å². The van der Waals surface area contributed by atoms with Gasteiger partial charge in [-0.05, 0) is 17.7 Å². The largest absolute Gasteiger partial charge is 0.487 e. The van der Waals surface area contributed by atoms with Crippen LogP contribution in [0.15, 0.2) is 42.5 Å². The van der Waals surface area contributed by atoms with Gasteiger partial charge in [-0.2, -0.15) is 0 Å². The standard InChI is InChI=1S/C14H14ClNO2/c15-14-7-6-13(12(16-14)8-9-17)18-10-11-4-2-1-3-5-11/h1-7,17H,8-10H2. The van der Waals surface area contributed by atoms with E-state index in [9.17, 15) is 0 Å². The van der Waals surface area contributed by atoms with E-state index in [1.807, 2.05) is 30.3 Å². The summed E-state index contributed by atoms with van der Waals surface area (Å²) >= 11 is 5.82. The molecule has 0 saturated heterocycles. The number of hydrogen-bond donors (Lipinski definition) is 1. The molecule has 1 aromatic heterocycles. The van der Waals surface area contributed by atoms with Gasteiger partial charge in [-0.25, -0.2) is 4.98 Å². The predicted molar refractivity (Wildman–Crippen MR) is 70.8 cm³/mol. The second-order valence-corrected chi connectivity index (χ2v) is 4.21. The van der Waals surface area contributed by atoms with Crippen molar-refractivity contribution in [1.82, 2.24) is 4.98 Å². The quantitative estimate of drug-likeness (QED) is 0.844. The van der Waals surface area contributed by atoms with Crippen LogP contribution in [0.1, 0.15) is 11.3 Å². The number of nitrogens with zero attached hydrogens (tertiary/aromatic N) is 1. The first-order valence-corrected chi connectivity index (χ1v) is 6.10. The Morgan fingerprint density at radius 3 is 2.61 bits per heavy atom. The van der Waals surface area contributed by atoms with Gasteiger partial charge in [0, 0.05) is 13.0 Å². The Morgan fingerprint density at radius 1 is 1.11 bits per heavy atom. The maximum Gasteiger partial charge on any atom is 0.141 e. The topological polar surface area (TPSA) is 42.4 Å². The Kier molecular flexibility index (Phi) is 4.56. The lowest BCUT2D eigenvalue weighted by atomic mass is 10.2. The zero-order chi connectivity index (χ0) is 12.8. The Hall–Kier alpha value is -1.58. The fourth-order valence-electron chi connectivity index (χ4n) is 1.61. The summed E-state index contributed by atoms with van der Waals surface area (Å²) in [7, 11) is 0. The number of hydrogen-bond acceptors (Lipinski definition) is 3. The first kappa shape index (κ1) is 12.9. The molecule has 0 saturated carbocycles. The number of aliphatic hydroxyl groups excluding tert-OH is 1. The zero-order valence-corrected chi connectivity index (χ0v) is 10.6. The van der Waals surface area contributed by atoms with Gasteiger partial charge >= 0.3 is 0 Å². The van der Waals surface area contributed by atoms with Crippen molar-refractivity contribution in [3.05, 3.63) is 58.9 Å². The summed E-state index contributed by atoms with van der Waals surface area (Å²) in [6, 6.07) is 13.3. The molecule has 0 fully saturated rings. The number of pyridine rings is 1. The van der Waals surface area contributed by atoms with E-state index in [1.165, 1.54) is 0 Å². The highest BCUT2D eigenvalue weighted by Gasteiger charge is 2.06. The van der Waals surface area contributed by atoms with Crippen LogP contribution in [0.3, 0.4) is 0 Å². The first-order chi connectivity index (χ1) is 8.79. The molecule has 0 atom stereocenters. The molecule has 4 heteroatoms. The number of halogens is 1. The lowest BCUT2D eigenvalue weighted by Gasteiger charge is -2.10. The van der Waals surface area contributed by atoms with E-state index in [4.69, 9.17) is 21.4 Å². The second kappa shape index (κ2) is 6.38. The van der Waals surface area contributed by atoms with Gasteiger partial charge in [0.2, 0.25) is 0 Å². The first-order valence-electron chi connectivity index (χ1n) is 5.72. The minimum atomic E-state index is 0.0229. The summed E-state index contributed by atoms with van der Waals surface area (Å²) in [6.07, 6.45) is 0.435. The highest BCUT2D eigenvalue weighted by Crippen LogP contribution is 2.20. The molecule has 1 aromatic carbocycles. The average molecular weight is 264 g/mol. The maximum absolute atomic E-state index is 8.98. The van der Waals surface area contributed by atoms with Crippen molar-refractivity contribution in [1.29, 1.82) is 0 Å². The Morgan fingerprint density at radius 2 is 1.89 bits per heavy atom. The molecule has 0 unspecified atom stereocenters. The van der Waals surface area contributed by atoms with Crippen LogP contribution >= 0.6 is 11.6 Å². The van der Waals surface area contributed by atoms with Crippen LogP contribution < -0.4 is 4.74 Å². The molecule has 0 spiro atoms. The van der Waals surface area contributed by atoms with E-state index in [-0.39, 0.29) is 6.61 Å². The lowest BCUT2D eigenvalue weighted by Crippen LogP contribution is -2.02. The van der Waals surface area contributed by atoms with Gasteiger partial charge in [-0.15, -0.1) is 0 Å². The molecule has 18 heavy (non-hydrogen) atoms. The van der Waals surface area contributed by atoms with Gasteiger partial charge in [-0.3, -0.25) is 0 Å². The highest BCUT2D eigenvalue weighted by molar-refractivity contribution is 6.29. The van der Waals surface area contributed by atoms with Gasteiger partial charge in [0.15, 0.2) is 0 Å². The van der Waals surface area contributed by atoms with Crippen molar-refractivity contribution >= 4 is 11.6 Å². The van der Waals surface area contributed by atoms with E-state index in [0.29, 0.717) is 29.6 Å². The monoisotopic (exact) mass is 263 g/mol. The molecular formula is C14H14ClNO2. The Labute approximate surface area is 111 Å².